The maximum absolute atomic E-state index is 12.5. The highest BCUT2D eigenvalue weighted by Crippen LogP contribution is 2.49. The summed E-state index contributed by atoms with van der Waals surface area (Å²) in [5.74, 6) is 0. The molecule has 0 aliphatic carbocycles. The van der Waals surface area contributed by atoms with Crippen molar-refractivity contribution in [3.63, 3.8) is 0 Å². The van der Waals surface area contributed by atoms with Gasteiger partial charge in [0.25, 0.3) is 5.69 Å². The van der Waals surface area contributed by atoms with Crippen molar-refractivity contribution < 1.29 is 9.34 Å². The van der Waals surface area contributed by atoms with Crippen molar-refractivity contribution in [3.8, 4) is 33.4 Å². The van der Waals surface area contributed by atoms with Crippen LogP contribution < -0.4 is 0 Å². The summed E-state index contributed by atoms with van der Waals surface area (Å²) in [6.07, 6.45) is 0. The number of furan rings is 1. The van der Waals surface area contributed by atoms with Crippen LogP contribution in [0.25, 0.3) is 98.4 Å². The van der Waals surface area contributed by atoms with Crippen molar-refractivity contribution >= 4 is 70.7 Å². The monoisotopic (exact) mass is 641 g/mol. The second-order valence-electron chi connectivity index (χ2n) is 12.7. The van der Waals surface area contributed by atoms with Gasteiger partial charge in [0.15, 0.2) is 0 Å². The molecule has 10 aromatic rings. The molecule has 0 atom stereocenters. The fraction of sp³-hybridized carbons (Fsp3) is 0. The van der Waals surface area contributed by atoms with Crippen LogP contribution in [0.15, 0.2) is 168 Å². The van der Waals surface area contributed by atoms with Crippen molar-refractivity contribution in [2.45, 2.75) is 0 Å². The molecule has 0 aliphatic heterocycles. The third kappa shape index (κ3) is 3.99. The maximum atomic E-state index is 12.5. The van der Waals surface area contributed by atoms with Gasteiger partial charge in [-0.05, 0) is 72.8 Å². The molecule has 0 saturated carbocycles. The van der Waals surface area contributed by atoms with Gasteiger partial charge in [0, 0.05) is 21.9 Å². The van der Waals surface area contributed by atoms with Gasteiger partial charge in [-0.2, -0.15) is 0 Å². The molecule has 0 bridgehead atoms. The number of nitrogens with zero attached hydrogens (tertiary/aromatic N) is 1. The predicted molar refractivity (Wildman–Crippen MR) is 207 cm³/mol. The standard InChI is InChI=1S/C46H27NO3/c48-47(49)45-35-22-10-8-20-33(35)43(34-21-9-11-23-36(34)45)38-25-12-26-39-44-37(24-13-27-40(44)50-46(38)39)42-31-18-6-4-16-29(31)41(28-14-2-1-3-15-28)30-17-5-7-19-32(30)42/h1-27H. The molecule has 10 rings (SSSR count). The molecule has 234 valence electrons. The van der Waals surface area contributed by atoms with Gasteiger partial charge in [0.2, 0.25) is 0 Å². The normalized spacial score (nSPS) is 11.8. The summed E-state index contributed by atoms with van der Waals surface area (Å²) in [4.78, 5) is 12.2. The highest BCUT2D eigenvalue weighted by atomic mass is 16.6. The van der Waals surface area contributed by atoms with Crippen molar-refractivity contribution in [2.75, 3.05) is 0 Å². The lowest BCUT2D eigenvalue weighted by Gasteiger charge is -2.18. The number of fused-ring (bicyclic) bond motifs is 7. The van der Waals surface area contributed by atoms with Crippen LogP contribution in [0.2, 0.25) is 0 Å². The Hall–Kier alpha value is -6.78. The van der Waals surface area contributed by atoms with E-state index in [4.69, 9.17) is 4.42 Å². The number of benzene rings is 9. The Balaban J connectivity index is 1.33. The number of rotatable bonds is 4. The van der Waals surface area contributed by atoms with E-state index >= 15 is 0 Å². The van der Waals surface area contributed by atoms with Crippen LogP contribution in [0, 0.1) is 10.1 Å². The van der Waals surface area contributed by atoms with Crippen LogP contribution in [0.5, 0.6) is 0 Å². The van der Waals surface area contributed by atoms with Gasteiger partial charge >= 0.3 is 0 Å². The van der Waals surface area contributed by atoms with Crippen molar-refractivity contribution in [1.82, 2.24) is 0 Å². The molecular weight excluding hydrogens is 615 g/mol. The first kappa shape index (κ1) is 28.3. The molecule has 0 unspecified atom stereocenters. The van der Waals surface area contributed by atoms with Crippen LogP contribution in [0.1, 0.15) is 0 Å². The molecule has 4 nitrogen and oxygen atoms in total. The van der Waals surface area contributed by atoms with E-state index in [-0.39, 0.29) is 10.6 Å². The summed E-state index contributed by atoms with van der Waals surface area (Å²) in [6.45, 7) is 0. The highest BCUT2D eigenvalue weighted by molar-refractivity contribution is 6.27. The first-order chi connectivity index (χ1) is 24.7. The first-order valence-electron chi connectivity index (χ1n) is 16.7. The Labute approximate surface area is 286 Å². The lowest BCUT2D eigenvalue weighted by molar-refractivity contribution is -0.381. The molecule has 1 aromatic heterocycles. The summed E-state index contributed by atoms with van der Waals surface area (Å²) in [6, 6.07) is 55.8. The van der Waals surface area contributed by atoms with Crippen LogP contribution >= 0.6 is 0 Å². The lowest BCUT2D eigenvalue weighted by atomic mass is 9.85. The zero-order valence-electron chi connectivity index (χ0n) is 26.8. The Morgan fingerprint density at radius 3 is 1.38 bits per heavy atom. The van der Waals surface area contributed by atoms with Gasteiger partial charge in [0.05, 0.1) is 15.7 Å². The highest BCUT2D eigenvalue weighted by Gasteiger charge is 2.25. The van der Waals surface area contributed by atoms with Gasteiger partial charge in [0.1, 0.15) is 11.2 Å². The third-order valence-electron chi connectivity index (χ3n) is 10.1. The van der Waals surface area contributed by atoms with Gasteiger partial charge in [-0.1, -0.05) is 146 Å². The van der Waals surface area contributed by atoms with Crippen molar-refractivity contribution in [2.24, 2.45) is 0 Å². The Bertz CT molecular complexity index is 2900. The number of nitro benzene ring substituents is 1. The van der Waals surface area contributed by atoms with E-state index in [9.17, 15) is 10.1 Å². The zero-order valence-corrected chi connectivity index (χ0v) is 26.8. The molecule has 0 saturated heterocycles. The quantitative estimate of drug-likeness (QED) is 0.109. The number of hydrogen-bond acceptors (Lipinski definition) is 3. The first-order valence-corrected chi connectivity index (χ1v) is 16.7. The average molecular weight is 642 g/mol. The van der Waals surface area contributed by atoms with Crippen LogP contribution in [0.3, 0.4) is 0 Å². The molecular formula is C46H27NO3. The largest absolute Gasteiger partial charge is 0.455 e. The van der Waals surface area contributed by atoms with Crippen molar-refractivity contribution in [1.29, 1.82) is 0 Å². The summed E-state index contributed by atoms with van der Waals surface area (Å²) in [5, 5.41) is 22.1. The Morgan fingerprint density at radius 2 is 0.820 bits per heavy atom. The van der Waals surface area contributed by atoms with Gasteiger partial charge in [-0.3, -0.25) is 10.1 Å². The van der Waals surface area contributed by atoms with E-state index in [1.807, 2.05) is 54.6 Å². The summed E-state index contributed by atoms with van der Waals surface area (Å²) in [7, 11) is 0. The van der Waals surface area contributed by atoms with E-state index in [1.165, 1.54) is 38.2 Å². The third-order valence-corrected chi connectivity index (χ3v) is 10.1. The van der Waals surface area contributed by atoms with Crippen LogP contribution in [-0.4, -0.2) is 4.92 Å². The maximum Gasteiger partial charge on any atom is 0.284 e. The molecule has 0 spiro atoms. The van der Waals surface area contributed by atoms with Crippen molar-refractivity contribution in [3.05, 3.63) is 174 Å². The summed E-state index contributed by atoms with van der Waals surface area (Å²) in [5.41, 5.74) is 8.18. The average Bonchev–Trinajstić information content (AvgIpc) is 3.56. The van der Waals surface area contributed by atoms with E-state index < -0.39 is 0 Å². The van der Waals surface area contributed by atoms with Gasteiger partial charge < -0.3 is 4.42 Å². The molecule has 0 N–H and O–H groups in total. The molecule has 0 fully saturated rings. The topological polar surface area (TPSA) is 56.3 Å². The number of nitro groups is 1. The molecule has 1 heterocycles. The molecule has 4 heteroatoms. The zero-order chi connectivity index (χ0) is 33.3. The number of non-ortho nitro benzene ring substituents is 1. The predicted octanol–water partition coefficient (Wildman–Crippen LogP) is 13.1. The molecule has 0 aliphatic rings. The molecule has 0 amide bonds. The summed E-state index contributed by atoms with van der Waals surface area (Å²) >= 11 is 0. The minimum atomic E-state index is -0.264. The Morgan fingerprint density at radius 1 is 0.400 bits per heavy atom. The summed E-state index contributed by atoms with van der Waals surface area (Å²) < 4.78 is 6.86. The second-order valence-corrected chi connectivity index (χ2v) is 12.7. The van der Waals surface area contributed by atoms with E-state index in [2.05, 4.69) is 109 Å². The van der Waals surface area contributed by atoms with Crippen LogP contribution in [0.4, 0.5) is 5.69 Å². The number of hydrogen-bond donors (Lipinski definition) is 0. The SMILES string of the molecule is O=[N+]([O-])c1c2ccccc2c(-c2cccc3c2oc2cccc(-c4c5ccccc5c(-c5ccccc5)c5ccccc45)c23)c2ccccc12. The van der Waals surface area contributed by atoms with Crippen LogP contribution in [-0.2, 0) is 0 Å². The van der Waals surface area contributed by atoms with Gasteiger partial charge in [-0.25, -0.2) is 0 Å². The number of para-hydroxylation sites is 1. The van der Waals surface area contributed by atoms with E-state index in [1.54, 1.807) is 0 Å². The lowest BCUT2D eigenvalue weighted by Crippen LogP contribution is -1.94. The molecule has 9 aromatic carbocycles. The van der Waals surface area contributed by atoms with Gasteiger partial charge in [-0.15, -0.1) is 0 Å². The molecule has 0 radical (unpaired) electrons. The fourth-order valence-electron chi connectivity index (χ4n) is 8.18. The molecule has 50 heavy (non-hydrogen) atoms. The smallest absolute Gasteiger partial charge is 0.284 e. The fourth-order valence-corrected chi connectivity index (χ4v) is 8.18. The van der Waals surface area contributed by atoms with E-state index in [0.717, 1.165) is 49.4 Å². The van der Waals surface area contributed by atoms with E-state index in [0.29, 0.717) is 10.8 Å². The Kier molecular flexibility index (Phi) is 6.14. The minimum absolute atomic E-state index is 0.122. The minimum Gasteiger partial charge on any atom is -0.455 e. The second kappa shape index (κ2) is 10.9.